The molecular weight excluding hydrogens is 388 g/mol. The molecule has 0 aliphatic heterocycles. The Bertz CT molecular complexity index is 693. The van der Waals surface area contributed by atoms with Crippen LogP contribution in [0.15, 0.2) is 22.7 Å². The molecule has 0 radical (unpaired) electrons. The minimum atomic E-state index is -0.793. The fraction of sp³-hybridized carbons (Fsp3) is 0.500. The van der Waals surface area contributed by atoms with Crippen LogP contribution in [0.4, 0.5) is 0 Å². The third kappa shape index (κ3) is 4.31. The molecule has 2 rings (SSSR count). The predicted octanol–water partition coefficient (Wildman–Crippen LogP) is 3.30. The maximum absolute atomic E-state index is 12.4. The van der Waals surface area contributed by atoms with E-state index in [1.165, 1.54) is 12.0 Å². The fourth-order valence-electron chi connectivity index (χ4n) is 2.99. The summed E-state index contributed by atoms with van der Waals surface area (Å²) in [4.78, 5) is 26.1. The number of benzene rings is 1. The number of halogens is 1. The van der Waals surface area contributed by atoms with E-state index >= 15 is 0 Å². The standard InChI is InChI=1S/C18H21BrN2O4/c1-21(18(12-20)8-4-3-5-9-18)16(22)11-25-17(23)14-10-13(24-2)6-7-15(14)19/h6-7,10H,3-5,8-9,11H2,1-2H3. The number of carbonyl (C=O) groups is 2. The fourth-order valence-corrected chi connectivity index (χ4v) is 3.40. The average molecular weight is 409 g/mol. The van der Waals surface area contributed by atoms with Crippen molar-refractivity contribution in [3.8, 4) is 11.8 Å². The number of nitrogens with zero attached hydrogens (tertiary/aromatic N) is 2. The third-order valence-electron chi connectivity index (χ3n) is 4.63. The van der Waals surface area contributed by atoms with Gasteiger partial charge in [-0.05, 0) is 47.0 Å². The maximum Gasteiger partial charge on any atom is 0.339 e. The quantitative estimate of drug-likeness (QED) is 0.698. The first-order chi connectivity index (χ1) is 11.9. The van der Waals surface area contributed by atoms with E-state index in [0.717, 1.165) is 19.3 Å². The predicted molar refractivity (Wildman–Crippen MR) is 95.2 cm³/mol. The van der Waals surface area contributed by atoms with E-state index in [4.69, 9.17) is 9.47 Å². The lowest BCUT2D eigenvalue weighted by molar-refractivity contribution is -0.138. The Balaban J connectivity index is 2.02. The Morgan fingerprint density at radius 3 is 2.60 bits per heavy atom. The molecule has 134 valence electrons. The number of rotatable bonds is 5. The van der Waals surface area contributed by atoms with Gasteiger partial charge in [-0.1, -0.05) is 19.3 Å². The van der Waals surface area contributed by atoms with Crippen LogP contribution in [0.1, 0.15) is 42.5 Å². The molecule has 0 saturated heterocycles. The second-order valence-electron chi connectivity index (χ2n) is 6.08. The molecule has 1 aromatic rings. The molecule has 1 aliphatic carbocycles. The Kier molecular flexibility index (Phi) is 6.43. The van der Waals surface area contributed by atoms with Gasteiger partial charge in [0.1, 0.15) is 11.3 Å². The lowest BCUT2D eigenvalue weighted by atomic mass is 9.81. The topological polar surface area (TPSA) is 79.6 Å². The summed E-state index contributed by atoms with van der Waals surface area (Å²) in [5.41, 5.74) is -0.513. The van der Waals surface area contributed by atoms with Crippen LogP contribution in [-0.2, 0) is 9.53 Å². The van der Waals surface area contributed by atoms with Crippen LogP contribution in [0.3, 0.4) is 0 Å². The van der Waals surface area contributed by atoms with Gasteiger partial charge in [-0.15, -0.1) is 0 Å². The second-order valence-corrected chi connectivity index (χ2v) is 6.93. The summed E-state index contributed by atoms with van der Waals surface area (Å²) in [6.07, 6.45) is 4.22. The van der Waals surface area contributed by atoms with Gasteiger partial charge in [-0.3, -0.25) is 4.79 Å². The minimum Gasteiger partial charge on any atom is -0.497 e. The highest BCUT2D eigenvalue weighted by Gasteiger charge is 2.39. The van der Waals surface area contributed by atoms with Crippen molar-refractivity contribution in [3.63, 3.8) is 0 Å². The van der Waals surface area contributed by atoms with Crippen LogP contribution in [0, 0.1) is 11.3 Å². The van der Waals surface area contributed by atoms with E-state index < -0.39 is 18.1 Å². The van der Waals surface area contributed by atoms with E-state index in [1.54, 1.807) is 25.2 Å². The Morgan fingerprint density at radius 1 is 1.32 bits per heavy atom. The molecule has 1 amide bonds. The number of amides is 1. The molecule has 0 unspecified atom stereocenters. The van der Waals surface area contributed by atoms with Gasteiger partial charge < -0.3 is 14.4 Å². The van der Waals surface area contributed by atoms with Crippen LogP contribution in [0.2, 0.25) is 0 Å². The largest absolute Gasteiger partial charge is 0.497 e. The lowest BCUT2D eigenvalue weighted by Gasteiger charge is -2.38. The summed E-state index contributed by atoms with van der Waals surface area (Å²) in [6.45, 7) is -0.400. The first-order valence-electron chi connectivity index (χ1n) is 8.12. The summed E-state index contributed by atoms with van der Waals surface area (Å²) in [6, 6.07) is 7.21. The van der Waals surface area contributed by atoms with Crippen LogP contribution < -0.4 is 4.74 Å². The van der Waals surface area contributed by atoms with Crippen molar-refractivity contribution in [3.05, 3.63) is 28.2 Å². The number of likely N-dealkylation sites (N-methyl/N-ethyl adjacent to an activating group) is 1. The van der Waals surface area contributed by atoms with E-state index in [-0.39, 0.29) is 11.5 Å². The second kappa shape index (κ2) is 8.34. The van der Waals surface area contributed by atoms with Gasteiger partial charge in [0.2, 0.25) is 0 Å². The normalized spacial score (nSPS) is 15.8. The van der Waals surface area contributed by atoms with Crippen molar-refractivity contribution >= 4 is 27.8 Å². The zero-order valence-electron chi connectivity index (χ0n) is 14.4. The number of esters is 1. The minimum absolute atomic E-state index is 0.280. The molecule has 1 saturated carbocycles. The first kappa shape index (κ1) is 19.3. The number of nitriles is 1. The van der Waals surface area contributed by atoms with Crippen LogP contribution in [0.5, 0.6) is 5.75 Å². The highest BCUT2D eigenvalue weighted by atomic mass is 79.9. The highest BCUT2D eigenvalue weighted by Crippen LogP contribution is 2.32. The summed E-state index contributed by atoms with van der Waals surface area (Å²) in [7, 11) is 3.11. The van der Waals surface area contributed by atoms with E-state index in [1.807, 2.05) is 0 Å². The van der Waals surface area contributed by atoms with Gasteiger partial charge in [0, 0.05) is 11.5 Å². The van der Waals surface area contributed by atoms with Gasteiger partial charge >= 0.3 is 5.97 Å². The van der Waals surface area contributed by atoms with Gasteiger partial charge in [-0.25, -0.2) is 4.79 Å². The summed E-state index contributed by atoms with van der Waals surface area (Å²) >= 11 is 3.28. The van der Waals surface area contributed by atoms with Crippen LogP contribution >= 0.6 is 15.9 Å². The van der Waals surface area contributed by atoms with Gasteiger partial charge in [-0.2, -0.15) is 5.26 Å². The summed E-state index contributed by atoms with van der Waals surface area (Å²) < 4.78 is 10.8. The number of carbonyl (C=O) groups excluding carboxylic acids is 2. The third-order valence-corrected chi connectivity index (χ3v) is 5.32. The molecule has 25 heavy (non-hydrogen) atoms. The molecule has 1 aliphatic rings. The molecule has 0 aromatic heterocycles. The monoisotopic (exact) mass is 408 g/mol. The van der Waals surface area contributed by atoms with Crippen molar-refractivity contribution < 1.29 is 19.1 Å². The molecule has 7 heteroatoms. The van der Waals surface area contributed by atoms with Crippen molar-refractivity contribution in [2.75, 3.05) is 20.8 Å². The van der Waals surface area contributed by atoms with Crippen molar-refractivity contribution in [1.29, 1.82) is 5.26 Å². The number of hydrogen-bond acceptors (Lipinski definition) is 5. The number of methoxy groups -OCH3 is 1. The average Bonchev–Trinajstić information content (AvgIpc) is 2.66. The zero-order valence-corrected chi connectivity index (χ0v) is 16.0. The molecule has 0 N–H and O–H groups in total. The van der Waals surface area contributed by atoms with Gasteiger partial charge in [0.15, 0.2) is 6.61 Å². The lowest BCUT2D eigenvalue weighted by Crippen LogP contribution is -2.51. The van der Waals surface area contributed by atoms with Gasteiger partial charge in [0.25, 0.3) is 5.91 Å². The van der Waals surface area contributed by atoms with E-state index in [0.29, 0.717) is 23.1 Å². The molecule has 0 bridgehead atoms. The maximum atomic E-state index is 12.4. The smallest absolute Gasteiger partial charge is 0.339 e. The Morgan fingerprint density at radius 2 is 2.00 bits per heavy atom. The number of hydrogen-bond donors (Lipinski definition) is 0. The van der Waals surface area contributed by atoms with E-state index in [9.17, 15) is 14.9 Å². The summed E-state index contributed by atoms with van der Waals surface area (Å²) in [5.74, 6) is -0.484. The van der Waals surface area contributed by atoms with Crippen LogP contribution in [-0.4, -0.2) is 43.1 Å². The van der Waals surface area contributed by atoms with Crippen molar-refractivity contribution in [1.82, 2.24) is 4.90 Å². The summed E-state index contributed by atoms with van der Waals surface area (Å²) in [5, 5.41) is 9.54. The Hall–Kier alpha value is -2.07. The van der Waals surface area contributed by atoms with Crippen LogP contribution in [0.25, 0.3) is 0 Å². The molecule has 1 fully saturated rings. The molecule has 0 atom stereocenters. The SMILES string of the molecule is COc1ccc(Br)c(C(=O)OCC(=O)N(C)C2(C#N)CCCCC2)c1. The highest BCUT2D eigenvalue weighted by molar-refractivity contribution is 9.10. The van der Waals surface area contributed by atoms with E-state index in [2.05, 4.69) is 22.0 Å². The van der Waals surface area contributed by atoms with Crippen molar-refractivity contribution in [2.24, 2.45) is 0 Å². The number of ether oxygens (including phenoxy) is 2. The molecule has 0 spiro atoms. The van der Waals surface area contributed by atoms with Gasteiger partial charge in [0.05, 0.1) is 18.7 Å². The molecule has 0 heterocycles. The molecule has 1 aromatic carbocycles. The zero-order chi connectivity index (χ0) is 18.4. The Labute approximate surface area is 155 Å². The van der Waals surface area contributed by atoms with Crippen molar-refractivity contribution in [2.45, 2.75) is 37.6 Å². The molecular formula is C18H21BrN2O4. The first-order valence-corrected chi connectivity index (χ1v) is 8.91. The molecule has 6 nitrogen and oxygen atoms in total.